The molecular weight excluding hydrogens is 434 g/mol. The van der Waals surface area contributed by atoms with E-state index in [1.807, 2.05) is 12.2 Å². The number of benzene rings is 2. The zero-order chi connectivity index (χ0) is 22.6. The maximum Gasteiger partial charge on any atom is 0.282 e. The lowest BCUT2D eigenvalue weighted by molar-refractivity contribution is -0.385. The fraction of sp³-hybridized carbons (Fsp3) is 0.261. The highest BCUT2D eigenvalue weighted by atomic mass is 35.5. The number of amides is 3. The Morgan fingerprint density at radius 1 is 1.03 bits per heavy atom. The number of fused-ring (bicyclic) bond motifs is 5. The molecule has 0 N–H and O–H groups in total. The van der Waals surface area contributed by atoms with Gasteiger partial charge in [0.05, 0.1) is 23.3 Å². The molecule has 3 amide bonds. The molecule has 0 spiro atoms. The third-order valence-corrected chi connectivity index (χ3v) is 6.90. The van der Waals surface area contributed by atoms with E-state index in [-0.39, 0.29) is 23.9 Å². The number of carbonyl (C=O) groups excluding carboxylic acids is 3. The van der Waals surface area contributed by atoms with Crippen LogP contribution >= 0.6 is 11.6 Å². The van der Waals surface area contributed by atoms with Gasteiger partial charge >= 0.3 is 0 Å². The third kappa shape index (κ3) is 3.02. The highest BCUT2D eigenvalue weighted by molar-refractivity contribution is 6.31. The second kappa shape index (κ2) is 7.56. The number of nitro benzene ring substituents is 1. The number of hydrogen-bond acceptors (Lipinski definition) is 5. The summed E-state index contributed by atoms with van der Waals surface area (Å²) in [4.78, 5) is 51.2. The largest absolute Gasteiger partial charge is 0.282 e. The van der Waals surface area contributed by atoms with Gasteiger partial charge in [0.15, 0.2) is 0 Å². The zero-order valence-corrected chi connectivity index (χ0v) is 17.5. The minimum atomic E-state index is -0.806. The molecule has 2 aromatic rings. The van der Waals surface area contributed by atoms with Crippen LogP contribution in [0.15, 0.2) is 60.7 Å². The molecule has 2 fully saturated rings. The van der Waals surface area contributed by atoms with Crippen molar-refractivity contribution in [2.45, 2.75) is 13.0 Å². The maximum atomic E-state index is 13.6. The van der Waals surface area contributed by atoms with Crippen molar-refractivity contribution in [2.75, 3.05) is 0 Å². The summed E-state index contributed by atoms with van der Waals surface area (Å²) in [6.07, 6.45) is 4.68. The van der Waals surface area contributed by atoms with Gasteiger partial charge in [0, 0.05) is 11.1 Å². The molecule has 4 atom stereocenters. The van der Waals surface area contributed by atoms with Crippen molar-refractivity contribution in [3.63, 3.8) is 0 Å². The Labute approximate surface area is 188 Å². The third-order valence-electron chi connectivity index (χ3n) is 6.53. The maximum absolute atomic E-state index is 13.6. The lowest BCUT2D eigenvalue weighted by Crippen LogP contribution is -2.50. The Morgan fingerprint density at radius 3 is 2.25 bits per heavy atom. The van der Waals surface area contributed by atoms with Gasteiger partial charge in [-0.3, -0.25) is 24.5 Å². The number of halogens is 1. The van der Waals surface area contributed by atoms with Crippen LogP contribution in [0.5, 0.6) is 0 Å². The van der Waals surface area contributed by atoms with Crippen LogP contribution < -0.4 is 0 Å². The Hall–Kier alpha value is -3.52. The van der Waals surface area contributed by atoms with Gasteiger partial charge in [0.25, 0.3) is 23.4 Å². The number of para-hydroxylation sites is 1. The first-order valence-electron chi connectivity index (χ1n) is 10.2. The summed E-state index contributed by atoms with van der Waals surface area (Å²) in [5.74, 6) is -2.79. The lowest BCUT2D eigenvalue weighted by Gasteiger charge is -2.31. The van der Waals surface area contributed by atoms with Gasteiger partial charge < -0.3 is 0 Å². The molecule has 32 heavy (non-hydrogen) atoms. The Balaban J connectivity index is 1.58. The standard InChI is InChI=1S/C23H18ClN3O5/c24-17-7-3-1-5-15(17)12-25(21(28)16-6-2-4-8-18(16)27(31)32)26-22(29)19-13-9-10-14(11-13)20(19)23(26)30/h1-10,13-14,19-20H,11-12H2/t13-,14-,19-,20-/m0/s1. The molecule has 3 aliphatic rings. The van der Waals surface area contributed by atoms with Gasteiger partial charge in [0.1, 0.15) is 5.56 Å². The minimum Gasteiger partial charge on any atom is -0.272 e. The Kier molecular flexibility index (Phi) is 4.82. The van der Waals surface area contributed by atoms with Crippen molar-refractivity contribution in [3.8, 4) is 0 Å². The molecule has 1 aliphatic heterocycles. The number of rotatable bonds is 5. The highest BCUT2D eigenvalue weighted by Gasteiger charge is 2.61. The number of hydrogen-bond donors (Lipinski definition) is 0. The van der Waals surface area contributed by atoms with Crippen LogP contribution in [0.3, 0.4) is 0 Å². The summed E-state index contributed by atoms with van der Waals surface area (Å²) in [7, 11) is 0. The van der Waals surface area contributed by atoms with E-state index >= 15 is 0 Å². The number of carbonyl (C=O) groups is 3. The zero-order valence-electron chi connectivity index (χ0n) is 16.8. The molecule has 2 aliphatic carbocycles. The van der Waals surface area contributed by atoms with Crippen molar-refractivity contribution in [1.82, 2.24) is 10.0 Å². The molecule has 2 aromatic carbocycles. The summed E-state index contributed by atoms with van der Waals surface area (Å²) in [5.41, 5.74) is -0.0918. The summed E-state index contributed by atoms with van der Waals surface area (Å²) < 4.78 is 0. The van der Waals surface area contributed by atoms with Crippen molar-refractivity contribution in [1.29, 1.82) is 0 Å². The molecule has 1 heterocycles. The van der Waals surface area contributed by atoms with E-state index in [4.69, 9.17) is 11.6 Å². The first kappa shape index (κ1) is 20.4. The fourth-order valence-corrected chi connectivity index (χ4v) is 5.29. The molecule has 0 radical (unpaired) electrons. The van der Waals surface area contributed by atoms with Gasteiger partial charge in [-0.25, -0.2) is 5.01 Å². The molecule has 162 valence electrons. The van der Waals surface area contributed by atoms with E-state index in [1.54, 1.807) is 24.3 Å². The van der Waals surface area contributed by atoms with Crippen molar-refractivity contribution in [2.24, 2.45) is 23.7 Å². The van der Waals surface area contributed by atoms with Gasteiger partial charge in [-0.1, -0.05) is 54.1 Å². The van der Waals surface area contributed by atoms with Gasteiger partial charge in [-0.05, 0) is 36.0 Å². The SMILES string of the molecule is O=C(c1ccccc1[N+](=O)[O-])N(Cc1ccccc1Cl)N1C(=O)[C@@H]2[C@@H](C1=O)[C@H]1C=C[C@H]2C1. The van der Waals surface area contributed by atoms with E-state index in [2.05, 4.69) is 0 Å². The number of hydrazine groups is 1. The first-order chi connectivity index (χ1) is 15.4. The van der Waals surface area contributed by atoms with Crippen LogP contribution in [0.2, 0.25) is 5.02 Å². The topological polar surface area (TPSA) is 101 Å². The van der Waals surface area contributed by atoms with E-state index in [9.17, 15) is 24.5 Å². The quantitative estimate of drug-likeness (QED) is 0.299. The summed E-state index contributed by atoms with van der Waals surface area (Å²) in [6.45, 7) is -0.176. The first-order valence-corrected chi connectivity index (χ1v) is 10.6. The summed E-state index contributed by atoms with van der Waals surface area (Å²) in [6, 6.07) is 12.2. The van der Waals surface area contributed by atoms with Gasteiger partial charge in [0.2, 0.25) is 0 Å². The second-order valence-electron chi connectivity index (χ2n) is 8.22. The summed E-state index contributed by atoms with van der Waals surface area (Å²) in [5, 5.41) is 13.8. The normalized spacial score (nSPS) is 25.3. The van der Waals surface area contributed by atoms with Crippen LogP contribution in [-0.4, -0.2) is 32.7 Å². The molecule has 5 rings (SSSR count). The Morgan fingerprint density at radius 2 is 1.62 bits per heavy atom. The van der Waals surface area contributed by atoms with Crippen LogP contribution in [0.1, 0.15) is 22.3 Å². The van der Waals surface area contributed by atoms with Crippen molar-refractivity contribution >= 4 is 35.0 Å². The number of imide groups is 1. The molecule has 2 bridgehead atoms. The average Bonchev–Trinajstić information content (AvgIpc) is 3.47. The van der Waals surface area contributed by atoms with Gasteiger partial charge in [-0.2, -0.15) is 5.01 Å². The van der Waals surface area contributed by atoms with E-state index in [1.165, 1.54) is 24.3 Å². The fourth-order valence-electron chi connectivity index (χ4n) is 5.10. The Bertz CT molecular complexity index is 1170. The van der Waals surface area contributed by atoms with Crippen LogP contribution in [0, 0.1) is 33.8 Å². The van der Waals surface area contributed by atoms with E-state index < -0.39 is 40.2 Å². The number of nitro groups is 1. The van der Waals surface area contributed by atoms with Gasteiger partial charge in [-0.15, -0.1) is 0 Å². The van der Waals surface area contributed by atoms with Crippen LogP contribution in [-0.2, 0) is 16.1 Å². The molecule has 1 saturated heterocycles. The van der Waals surface area contributed by atoms with E-state index in [0.717, 1.165) is 16.4 Å². The van der Waals surface area contributed by atoms with Crippen LogP contribution in [0.25, 0.3) is 0 Å². The second-order valence-corrected chi connectivity index (χ2v) is 8.62. The molecule has 8 nitrogen and oxygen atoms in total. The molecule has 0 aromatic heterocycles. The predicted molar refractivity (Wildman–Crippen MR) is 114 cm³/mol. The van der Waals surface area contributed by atoms with Crippen molar-refractivity contribution in [3.05, 3.63) is 86.9 Å². The van der Waals surface area contributed by atoms with Crippen molar-refractivity contribution < 1.29 is 19.3 Å². The minimum absolute atomic E-state index is 0.0326. The molecule has 9 heteroatoms. The lowest BCUT2D eigenvalue weighted by atomic mass is 9.85. The smallest absolute Gasteiger partial charge is 0.272 e. The highest BCUT2D eigenvalue weighted by Crippen LogP contribution is 2.53. The molecule has 0 unspecified atom stereocenters. The molecular formula is C23H18ClN3O5. The van der Waals surface area contributed by atoms with E-state index in [0.29, 0.717) is 10.6 Å². The number of nitrogens with zero attached hydrogens (tertiary/aromatic N) is 3. The molecule has 1 saturated carbocycles. The average molecular weight is 452 g/mol. The monoisotopic (exact) mass is 451 g/mol. The predicted octanol–water partition coefficient (Wildman–Crippen LogP) is 3.61. The number of allylic oxidation sites excluding steroid dienone is 2. The summed E-state index contributed by atoms with van der Waals surface area (Å²) >= 11 is 6.29. The van der Waals surface area contributed by atoms with Crippen LogP contribution in [0.4, 0.5) is 5.69 Å².